The second kappa shape index (κ2) is 10.6. The first-order chi connectivity index (χ1) is 3.81. The average Bonchev–Trinajstić information content (AvgIpc) is 1.91. The molecular formula is C6H14NW-3. The molecule has 0 aliphatic carbocycles. The fourth-order valence-electron chi connectivity index (χ4n) is 0.112. The molecule has 0 aliphatic heterocycles. The van der Waals surface area contributed by atoms with Crippen LogP contribution in [0.3, 0.4) is 0 Å². The molecule has 8 heavy (non-hydrogen) atoms. The minimum Gasteiger partial charge on any atom is -0.365 e. The summed E-state index contributed by atoms with van der Waals surface area (Å²) in [6, 6.07) is 0. The first-order valence-corrected chi connectivity index (χ1v) is 2.08. The minimum absolute atomic E-state index is 0. The van der Waals surface area contributed by atoms with Crippen molar-refractivity contribution in [1.29, 1.82) is 0 Å². The van der Waals surface area contributed by atoms with E-state index in [0.717, 1.165) is 13.1 Å². The van der Waals surface area contributed by atoms with Gasteiger partial charge in [-0.2, -0.15) is 0 Å². The Bertz CT molecular complexity index is 32.2. The summed E-state index contributed by atoms with van der Waals surface area (Å²) >= 11 is 0. The van der Waals surface area contributed by atoms with Crippen molar-refractivity contribution in [3.05, 3.63) is 21.3 Å². The van der Waals surface area contributed by atoms with Gasteiger partial charge in [0.2, 0.25) is 0 Å². The summed E-state index contributed by atoms with van der Waals surface area (Å²) in [5.74, 6) is 0. The molecule has 0 aromatic heterocycles. The third kappa shape index (κ3) is 9.82. The van der Waals surface area contributed by atoms with Crippen molar-refractivity contribution in [3.63, 3.8) is 0 Å². The molecule has 0 rings (SSSR count). The molecular weight excluding hydrogens is 270 g/mol. The standard InChI is InChI=1S/C5H11N.CH3.W/c1-4-6(3)5-2;;/h1-2,4-5H2,3H3;1H3;/q-2;-1;/i;1D;. The molecule has 0 heterocycles. The Balaban J connectivity index is -0.000000109. The normalized spacial score (nSPS) is 8.38. The fraction of sp³-hybridized carbons (Fsp3) is 0.500. The van der Waals surface area contributed by atoms with Crippen LogP contribution in [0.1, 0.15) is 1.37 Å². The van der Waals surface area contributed by atoms with Crippen LogP contribution in [0.4, 0.5) is 0 Å². The van der Waals surface area contributed by atoms with E-state index in [0.29, 0.717) is 0 Å². The summed E-state index contributed by atoms with van der Waals surface area (Å²) in [5.41, 5.74) is 0. The Morgan fingerprint density at radius 3 is 1.75 bits per heavy atom. The van der Waals surface area contributed by atoms with Gasteiger partial charge in [0.1, 0.15) is 0 Å². The number of rotatable bonds is 2. The average molecular weight is 285 g/mol. The van der Waals surface area contributed by atoms with E-state index in [1.54, 1.807) is 0 Å². The molecule has 0 fully saturated rings. The van der Waals surface area contributed by atoms with Crippen LogP contribution in [0.5, 0.6) is 0 Å². The molecule has 0 amide bonds. The first-order valence-electron chi connectivity index (χ1n) is 2.79. The van der Waals surface area contributed by atoms with Gasteiger partial charge in [-0.3, -0.25) is 0 Å². The molecule has 0 aliphatic rings. The zero-order valence-corrected chi connectivity index (χ0v) is 8.32. The van der Waals surface area contributed by atoms with E-state index in [4.69, 9.17) is 1.37 Å². The molecule has 2 heteroatoms. The van der Waals surface area contributed by atoms with E-state index in [2.05, 4.69) is 21.3 Å². The van der Waals surface area contributed by atoms with Gasteiger partial charge < -0.3 is 26.2 Å². The topological polar surface area (TPSA) is 3.24 Å². The van der Waals surface area contributed by atoms with E-state index in [1.165, 1.54) is 0 Å². The maximum atomic E-state index is 5.50. The van der Waals surface area contributed by atoms with E-state index < -0.39 is 0 Å². The Morgan fingerprint density at radius 2 is 1.75 bits per heavy atom. The molecule has 0 bridgehead atoms. The van der Waals surface area contributed by atoms with Crippen LogP contribution in [0, 0.1) is 21.3 Å². The van der Waals surface area contributed by atoms with Gasteiger partial charge in [-0.05, 0) is 7.05 Å². The molecule has 0 radical (unpaired) electrons. The van der Waals surface area contributed by atoms with Gasteiger partial charge in [0.15, 0.2) is 0 Å². The number of hydrogen-bond donors (Lipinski definition) is 0. The number of hydrogen-bond acceptors (Lipinski definition) is 1. The van der Waals surface area contributed by atoms with Crippen molar-refractivity contribution in [2.24, 2.45) is 0 Å². The predicted octanol–water partition coefficient (Wildman–Crippen LogP) is 1.03. The Morgan fingerprint density at radius 1 is 1.50 bits per heavy atom. The Hall–Kier alpha value is 0.648. The van der Waals surface area contributed by atoms with Gasteiger partial charge in [0.25, 0.3) is 0 Å². The SMILES string of the molecule is [2H][CH2-].[CH2-]CN(C)C[CH2-].[W]. The van der Waals surface area contributed by atoms with Gasteiger partial charge in [-0.15, -0.1) is 13.1 Å². The van der Waals surface area contributed by atoms with Crippen molar-refractivity contribution in [3.8, 4) is 0 Å². The summed E-state index contributed by atoms with van der Waals surface area (Å²) in [7, 11) is 4.49. The molecule has 0 saturated heterocycles. The minimum atomic E-state index is 0. The van der Waals surface area contributed by atoms with Crippen LogP contribution >= 0.6 is 0 Å². The van der Waals surface area contributed by atoms with E-state index in [9.17, 15) is 0 Å². The Labute approximate surface area is 69.1 Å². The third-order valence-electron chi connectivity index (χ3n) is 0.763. The van der Waals surface area contributed by atoms with E-state index in [1.807, 2.05) is 11.9 Å². The van der Waals surface area contributed by atoms with Gasteiger partial charge in [-0.25, -0.2) is 1.37 Å². The van der Waals surface area contributed by atoms with Crippen molar-refractivity contribution >= 4 is 0 Å². The van der Waals surface area contributed by atoms with Crippen molar-refractivity contribution in [1.82, 2.24) is 4.90 Å². The van der Waals surface area contributed by atoms with Gasteiger partial charge >= 0.3 is 0 Å². The van der Waals surface area contributed by atoms with Gasteiger partial charge in [0, 0.05) is 21.1 Å². The first kappa shape index (κ1) is 11.4. The van der Waals surface area contributed by atoms with Crippen molar-refractivity contribution in [2.45, 2.75) is 0 Å². The molecule has 1 nitrogen and oxygen atoms in total. The second-order valence-corrected chi connectivity index (χ2v) is 1.30. The predicted molar refractivity (Wildman–Crippen MR) is 34.6 cm³/mol. The largest absolute Gasteiger partial charge is 0.365 e. The third-order valence-corrected chi connectivity index (χ3v) is 0.763. The summed E-state index contributed by atoms with van der Waals surface area (Å²) in [5, 5.41) is 0. The molecule has 0 aromatic carbocycles. The molecule has 0 unspecified atom stereocenters. The maximum absolute atomic E-state index is 5.50. The van der Waals surface area contributed by atoms with Crippen LogP contribution in [0.25, 0.3) is 0 Å². The summed E-state index contributed by atoms with van der Waals surface area (Å²) in [4.78, 5) is 2.03. The van der Waals surface area contributed by atoms with Gasteiger partial charge in [0.05, 0.1) is 0 Å². The fourth-order valence-corrected chi connectivity index (χ4v) is 0.112. The maximum Gasteiger partial charge on any atom is 0 e. The zero-order chi connectivity index (χ0) is 6.99. The molecule has 0 spiro atoms. The molecule has 0 N–H and O–H groups in total. The van der Waals surface area contributed by atoms with Crippen molar-refractivity contribution in [2.75, 3.05) is 20.1 Å². The van der Waals surface area contributed by atoms with Crippen LogP contribution in [0.15, 0.2) is 0 Å². The summed E-state index contributed by atoms with van der Waals surface area (Å²) in [6.07, 6.45) is 0. The van der Waals surface area contributed by atoms with Crippen LogP contribution < -0.4 is 0 Å². The zero-order valence-electron chi connectivity index (χ0n) is 6.39. The van der Waals surface area contributed by atoms with Crippen LogP contribution in [-0.2, 0) is 21.1 Å². The summed E-state index contributed by atoms with van der Waals surface area (Å²) < 4.78 is 5.50. The smallest absolute Gasteiger partial charge is 0 e. The van der Waals surface area contributed by atoms with Crippen LogP contribution in [0.2, 0.25) is 0 Å². The molecule has 0 aromatic rings. The molecule has 0 atom stereocenters. The van der Waals surface area contributed by atoms with Gasteiger partial charge in [-0.1, -0.05) is 0 Å². The summed E-state index contributed by atoms with van der Waals surface area (Å²) in [6.45, 7) is 8.99. The second-order valence-electron chi connectivity index (χ2n) is 1.30. The Kier molecular flexibility index (Phi) is 15.2. The van der Waals surface area contributed by atoms with E-state index >= 15 is 0 Å². The quantitative estimate of drug-likeness (QED) is 0.685. The molecule has 0 saturated carbocycles. The monoisotopic (exact) mass is 285 g/mol. The molecule has 52 valence electrons. The van der Waals surface area contributed by atoms with Crippen LogP contribution in [-0.4, -0.2) is 25.0 Å². The van der Waals surface area contributed by atoms with Crippen molar-refractivity contribution < 1.29 is 22.4 Å². The van der Waals surface area contributed by atoms with E-state index in [-0.39, 0.29) is 21.1 Å². The number of nitrogens with zero attached hydrogens (tertiary/aromatic N) is 1.